The van der Waals surface area contributed by atoms with E-state index in [2.05, 4.69) is 10.2 Å². The highest BCUT2D eigenvalue weighted by Crippen LogP contribution is 2.22. The fourth-order valence-corrected chi connectivity index (χ4v) is 3.60. The maximum absolute atomic E-state index is 12.7. The van der Waals surface area contributed by atoms with Gasteiger partial charge in [-0.2, -0.15) is 15.5 Å². The van der Waals surface area contributed by atoms with Gasteiger partial charge in [0.15, 0.2) is 11.5 Å². The number of ketones is 1. The van der Waals surface area contributed by atoms with Gasteiger partial charge in [-0.25, -0.2) is 0 Å². The number of nitriles is 1. The lowest BCUT2D eigenvalue weighted by Gasteiger charge is -2.28. The first-order valence-corrected chi connectivity index (χ1v) is 8.63. The lowest BCUT2D eigenvalue weighted by atomic mass is 10.1. The largest absolute Gasteiger partial charge is 0.335 e. The van der Waals surface area contributed by atoms with E-state index in [-0.39, 0.29) is 17.7 Å². The third-order valence-electron chi connectivity index (χ3n) is 4.83. The number of carbonyl (C=O) groups excluding carboxylic acids is 2. The zero-order chi connectivity index (χ0) is 19.0. The van der Waals surface area contributed by atoms with Crippen LogP contribution in [0.2, 0.25) is 0 Å². The Morgan fingerprint density at radius 3 is 2.65 bits per heavy atom. The molecule has 8 nitrogen and oxygen atoms in total. The number of amides is 1. The second-order valence-electron chi connectivity index (χ2n) is 6.77. The van der Waals surface area contributed by atoms with E-state index in [4.69, 9.17) is 5.26 Å². The number of rotatable bonds is 4. The molecule has 2 aromatic heterocycles. The molecular formula is C18H22N6O2. The molecule has 0 fully saturated rings. The predicted molar refractivity (Wildman–Crippen MR) is 93.4 cm³/mol. The number of aromatic nitrogens is 4. The van der Waals surface area contributed by atoms with E-state index in [1.807, 2.05) is 26.8 Å². The van der Waals surface area contributed by atoms with Crippen LogP contribution in [0.15, 0.2) is 6.07 Å². The fraction of sp³-hybridized carbons (Fsp3) is 0.500. The average Bonchev–Trinajstić information content (AvgIpc) is 3.13. The van der Waals surface area contributed by atoms with Crippen molar-refractivity contribution in [2.24, 2.45) is 0 Å². The first kappa shape index (κ1) is 17.9. The maximum atomic E-state index is 12.7. The summed E-state index contributed by atoms with van der Waals surface area (Å²) in [7, 11) is 0. The Labute approximate surface area is 152 Å². The molecule has 26 heavy (non-hydrogen) atoms. The molecule has 2 aromatic rings. The molecule has 0 saturated carbocycles. The number of hydrogen-bond donors (Lipinski definition) is 0. The smallest absolute Gasteiger partial charge is 0.225 e. The number of carbonyl (C=O) groups is 2. The highest BCUT2D eigenvalue weighted by atomic mass is 16.2. The van der Waals surface area contributed by atoms with E-state index in [9.17, 15) is 9.59 Å². The van der Waals surface area contributed by atoms with Crippen LogP contribution in [0.1, 0.15) is 59.4 Å². The molecule has 1 amide bonds. The second-order valence-corrected chi connectivity index (χ2v) is 6.77. The maximum Gasteiger partial charge on any atom is 0.225 e. The second kappa shape index (κ2) is 6.75. The number of aryl methyl sites for hydroxylation is 1. The average molecular weight is 354 g/mol. The molecule has 1 atom stereocenters. The molecule has 1 aliphatic rings. The summed E-state index contributed by atoms with van der Waals surface area (Å²) < 4.78 is 3.55. The van der Waals surface area contributed by atoms with Crippen LogP contribution in [0.3, 0.4) is 0 Å². The molecule has 0 aliphatic carbocycles. The molecule has 3 rings (SSSR count). The monoisotopic (exact) mass is 354 g/mol. The van der Waals surface area contributed by atoms with Crippen LogP contribution in [0.25, 0.3) is 0 Å². The van der Waals surface area contributed by atoms with Crippen molar-refractivity contribution in [3.8, 4) is 6.07 Å². The Morgan fingerprint density at radius 1 is 1.31 bits per heavy atom. The fourth-order valence-electron chi connectivity index (χ4n) is 3.60. The van der Waals surface area contributed by atoms with E-state index >= 15 is 0 Å². The Bertz CT molecular complexity index is 917. The molecule has 0 aromatic carbocycles. The molecular weight excluding hydrogens is 332 g/mol. The molecule has 0 N–H and O–H groups in total. The van der Waals surface area contributed by atoms with E-state index in [0.717, 1.165) is 11.4 Å². The summed E-state index contributed by atoms with van der Waals surface area (Å²) in [6, 6.07) is 3.61. The topological polar surface area (TPSA) is 96.8 Å². The molecule has 0 radical (unpaired) electrons. The zero-order valence-electron chi connectivity index (χ0n) is 15.5. The van der Waals surface area contributed by atoms with Gasteiger partial charge in [0.25, 0.3) is 0 Å². The Balaban J connectivity index is 1.72. The summed E-state index contributed by atoms with van der Waals surface area (Å²) in [4.78, 5) is 26.3. The Kier molecular flexibility index (Phi) is 4.64. The lowest BCUT2D eigenvalue weighted by molar-refractivity contribution is -0.133. The van der Waals surface area contributed by atoms with E-state index in [1.165, 1.54) is 6.92 Å². The SMILES string of the molecule is CC(=O)c1c(C)nn([C@H](C)CC(=O)N2CCn3nc(C#N)cc3C2)c1C. The zero-order valence-corrected chi connectivity index (χ0v) is 15.5. The van der Waals surface area contributed by atoms with Gasteiger partial charge in [-0.15, -0.1) is 0 Å². The molecule has 0 saturated heterocycles. The summed E-state index contributed by atoms with van der Waals surface area (Å²) in [5, 5.41) is 17.6. The molecule has 0 unspecified atom stereocenters. The molecule has 0 spiro atoms. The minimum atomic E-state index is -0.143. The van der Waals surface area contributed by atoms with Crippen LogP contribution < -0.4 is 0 Å². The summed E-state index contributed by atoms with van der Waals surface area (Å²) in [5.41, 5.74) is 3.38. The van der Waals surface area contributed by atoms with Crippen molar-refractivity contribution in [1.82, 2.24) is 24.5 Å². The highest BCUT2D eigenvalue weighted by Gasteiger charge is 2.25. The van der Waals surface area contributed by atoms with Gasteiger partial charge in [-0.05, 0) is 33.8 Å². The number of Topliss-reactive ketones (excluding diaryl/α,β-unsaturated/α-hetero) is 1. The van der Waals surface area contributed by atoms with Crippen molar-refractivity contribution in [3.63, 3.8) is 0 Å². The third kappa shape index (κ3) is 3.12. The third-order valence-corrected chi connectivity index (χ3v) is 4.83. The van der Waals surface area contributed by atoms with Gasteiger partial charge in [0.2, 0.25) is 5.91 Å². The molecule has 136 valence electrons. The van der Waals surface area contributed by atoms with Gasteiger partial charge in [-0.3, -0.25) is 19.0 Å². The van der Waals surface area contributed by atoms with Crippen molar-refractivity contribution >= 4 is 11.7 Å². The van der Waals surface area contributed by atoms with Gasteiger partial charge < -0.3 is 4.90 Å². The first-order chi connectivity index (χ1) is 12.3. The van der Waals surface area contributed by atoms with E-state index < -0.39 is 0 Å². The first-order valence-electron chi connectivity index (χ1n) is 8.63. The van der Waals surface area contributed by atoms with Gasteiger partial charge in [-0.1, -0.05) is 0 Å². The van der Waals surface area contributed by atoms with E-state index in [0.29, 0.717) is 43.0 Å². The van der Waals surface area contributed by atoms with Crippen molar-refractivity contribution in [3.05, 3.63) is 34.4 Å². The summed E-state index contributed by atoms with van der Waals surface area (Å²) in [5.74, 6) is 0.0164. The Morgan fingerprint density at radius 2 is 2.04 bits per heavy atom. The standard InChI is InChI=1S/C18H22N6O2/c1-11(24-13(3)18(14(4)25)12(2)20-24)7-17(26)22-5-6-23-16(10-22)8-15(9-19)21-23/h8,11H,5-7,10H2,1-4H3/t11-/m1/s1. The van der Waals surface area contributed by atoms with Crippen LogP contribution >= 0.6 is 0 Å². The lowest BCUT2D eigenvalue weighted by Crippen LogP contribution is -2.39. The highest BCUT2D eigenvalue weighted by molar-refractivity contribution is 5.96. The van der Waals surface area contributed by atoms with Crippen LogP contribution in [0, 0.1) is 25.2 Å². The Hall–Kier alpha value is -2.95. The van der Waals surface area contributed by atoms with Crippen molar-refractivity contribution in [2.75, 3.05) is 6.54 Å². The molecule has 8 heteroatoms. The number of nitrogens with zero attached hydrogens (tertiary/aromatic N) is 6. The predicted octanol–water partition coefficient (Wildman–Crippen LogP) is 1.76. The van der Waals surface area contributed by atoms with Gasteiger partial charge in [0.05, 0.1) is 36.1 Å². The summed E-state index contributed by atoms with van der Waals surface area (Å²) in [6.45, 7) is 8.75. The van der Waals surface area contributed by atoms with Gasteiger partial charge in [0, 0.05) is 18.7 Å². The molecule has 3 heterocycles. The minimum absolute atomic E-state index is 0.0117. The normalized spacial score (nSPS) is 14.7. The quantitative estimate of drug-likeness (QED) is 0.780. The molecule has 0 bridgehead atoms. The van der Waals surface area contributed by atoms with Crippen LogP contribution in [0.4, 0.5) is 0 Å². The van der Waals surface area contributed by atoms with Crippen molar-refractivity contribution < 1.29 is 9.59 Å². The van der Waals surface area contributed by atoms with Gasteiger partial charge >= 0.3 is 0 Å². The van der Waals surface area contributed by atoms with Crippen molar-refractivity contribution in [2.45, 2.75) is 53.2 Å². The van der Waals surface area contributed by atoms with Crippen LogP contribution in [-0.2, 0) is 17.9 Å². The van der Waals surface area contributed by atoms with Gasteiger partial charge in [0.1, 0.15) is 6.07 Å². The number of fused-ring (bicyclic) bond motifs is 1. The van der Waals surface area contributed by atoms with E-state index in [1.54, 1.807) is 20.3 Å². The summed E-state index contributed by atoms with van der Waals surface area (Å²) in [6.07, 6.45) is 0.304. The molecule has 1 aliphatic heterocycles. The number of hydrogen-bond acceptors (Lipinski definition) is 5. The summed E-state index contributed by atoms with van der Waals surface area (Å²) >= 11 is 0. The van der Waals surface area contributed by atoms with Crippen molar-refractivity contribution in [1.29, 1.82) is 5.26 Å². The van der Waals surface area contributed by atoms with Crippen LogP contribution in [-0.4, -0.2) is 42.7 Å². The minimum Gasteiger partial charge on any atom is -0.335 e. The van der Waals surface area contributed by atoms with Crippen LogP contribution in [0.5, 0.6) is 0 Å².